The lowest BCUT2D eigenvalue weighted by Crippen LogP contribution is -2.22. The van der Waals surface area contributed by atoms with E-state index in [4.69, 9.17) is 28.1 Å². The molecule has 1 aliphatic carbocycles. The van der Waals surface area contributed by atoms with Gasteiger partial charge in [-0.1, -0.05) is 36.2 Å². The number of ether oxygens (including phenoxy) is 5. The summed E-state index contributed by atoms with van der Waals surface area (Å²) < 4.78 is 50.4. The number of hydrogen-bond donors (Lipinski definition) is 1. The minimum Gasteiger partial charge on any atom is -0.455 e. The molecule has 1 heterocycles. The Balaban J connectivity index is 0.982. The number of nitrogens with zero attached hydrogens (tertiary/aromatic N) is 1. The smallest absolute Gasteiger partial charge is 0.255 e. The third kappa shape index (κ3) is 11.1. The van der Waals surface area contributed by atoms with E-state index in [0.29, 0.717) is 107 Å². The van der Waals surface area contributed by atoms with Crippen LogP contribution in [0.1, 0.15) is 57.5 Å². The number of Topliss-reactive ketones (excluding diaryl/α,β-unsaturated/α-hetero) is 1. The molecule has 5 rings (SSSR count). The van der Waals surface area contributed by atoms with Gasteiger partial charge in [0.2, 0.25) is 0 Å². The Bertz CT molecular complexity index is 1710. The fourth-order valence-electron chi connectivity index (χ4n) is 5.60. The number of furan rings is 1. The molecule has 51 heavy (non-hydrogen) atoms. The molecule has 1 N–H and O–H groups in total. The van der Waals surface area contributed by atoms with Crippen LogP contribution in [0, 0.1) is 5.82 Å². The molecule has 0 spiro atoms. The maximum atomic E-state index is 13.7. The second-order valence-electron chi connectivity index (χ2n) is 12.1. The fourth-order valence-corrected chi connectivity index (χ4v) is 6.22. The SMILES string of the molecule is CNC(=O)c1c(-c2ccc(F)cc2)oc2cc(N(CCOCCOCCOCCOCCOCc3ccc(C(C)=O)cc3)SC)c(C3CC3)cc12. The normalized spacial score (nSPS) is 12.8. The van der Waals surface area contributed by atoms with Crippen molar-refractivity contribution >= 4 is 40.3 Å². The Kier molecular flexibility index (Phi) is 14.9. The highest BCUT2D eigenvalue weighted by atomic mass is 32.2. The first-order valence-corrected chi connectivity index (χ1v) is 18.5. The van der Waals surface area contributed by atoms with Gasteiger partial charge in [0.15, 0.2) is 5.78 Å². The van der Waals surface area contributed by atoms with E-state index in [2.05, 4.69) is 15.7 Å². The largest absolute Gasteiger partial charge is 0.455 e. The summed E-state index contributed by atoms with van der Waals surface area (Å²) in [6.45, 7) is 6.98. The lowest BCUT2D eigenvalue weighted by Gasteiger charge is -2.24. The molecular weight excluding hydrogens is 676 g/mol. The predicted molar refractivity (Wildman–Crippen MR) is 197 cm³/mol. The van der Waals surface area contributed by atoms with Crippen LogP contribution in [0.15, 0.2) is 65.1 Å². The lowest BCUT2D eigenvalue weighted by molar-refractivity contribution is -0.0119. The van der Waals surface area contributed by atoms with E-state index in [0.717, 1.165) is 29.5 Å². The molecule has 12 heteroatoms. The molecule has 1 amide bonds. The number of hydrogen-bond acceptors (Lipinski definition) is 10. The van der Waals surface area contributed by atoms with Gasteiger partial charge in [-0.2, -0.15) is 0 Å². The maximum Gasteiger partial charge on any atom is 0.255 e. The summed E-state index contributed by atoms with van der Waals surface area (Å²) in [6, 6.07) is 17.5. The second kappa shape index (κ2) is 19.7. The minimum atomic E-state index is -0.350. The molecule has 3 aromatic carbocycles. The van der Waals surface area contributed by atoms with Crippen LogP contribution in [0.5, 0.6) is 0 Å². The highest BCUT2D eigenvalue weighted by Crippen LogP contribution is 2.48. The van der Waals surface area contributed by atoms with E-state index < -0.39 is 0 Å². The molecule has 1 fully saturated rings. The van der Waals surface area contributed by atoms with Crippen LogP contribution in [0.25, 0.3) is 22.3 Å². The van der Waals surface area contributed by atoms with E-state index in [9.17, 15) is 14.0 Å². The van der Waals surface area contributed by atoms with Crippen molar-refractivity contribution in [2.45, 2.75) is 32.3 Å². The summed E-state index contributed by atoms with van der Waals surface area (Å²) in [5, 5.41) is 3.49. The Morgan fingerprint density at radius 1 is 0.843 bits per heavy atom. The van der Waals surface area contributed by atoms with Crippen molar-refractivity contribution in [3.8, 4) is 11.3 Å². The quantitative estimate of drug-likeness (QED) is 0.0487. The summed E-state index contributed by atoms with van der Waals surface area (Å²) in [4.78, 5) is 24.4. The van der Waals surface area contributed by atoms with Crippen LogP contribution in [-0.2, 0) is 30.3 Å². The summed E-state index contributed by atoms with van der Waals surface area (Å²) in [6.07, 6.45) is 4.23. The van der Waals surface area contributed by atoms with Crippen molar-refractivity contribution in [3.63, 3.8) is 0 Å². The highest BCUT2D eigenvalue weighted by Gasteiger charge is 2.31. The molecule has 274 valence electrons. The number of ketones is 1. The first-order chi connectivity index (χ1) is 24.9. The Hall–Kier alpha value is -3.78. The molecule has 0 unspecified atom stereocenters. The molecule has 4 aromatic rings. The summed E-state index contributed by atoms with van der Waals surface area (Å²) in [5.74, 6) is 0.304. The van der Waals surface area contributed by atoms with Crippen LogP contribution in [0.3, 0.4) is 0 Å². The number of halogens is 1. The van der Waals surface area contributed by atoms with E-state index in [1.54, 1.807) is 38.1 Å². The molecule has 1 aromatic heterocycles. The molecule has 0 saturated heterocycles. The van der Waals surface area contributed by atoms with Gasteiger partial charge in [0, 0.05) is 35.9 Å². The number of carbonyl (C=O) groups excluding carboxylic acids is 2. The van der Waals surface area contributed by atoms with Crippen LogP contribution >= 0.6 is 11.9 Å². The molecule has 1 saturated carbocycles. The molecular formula is C39H47FN2O8S. The monoisotopic (exact) mass is 722 g/mol. The van der Waals surface area contributed by atoms with E-state index in [1.807, 2.05) is 36.6 Å². The van der Waals surface area contributed by atoms with Crippen molar-refractivity contribution in [1.82, 2.24) is 5.32 Å². The Morgan fingerprint density at radius 2 is 1.43 bits per heavy atom. The average Bonchev–Trinajstić information content (AvgIpc) is 3.93. The summed E-state index contributed by atoms with van der Waals surface area (Å²) in [5.41, 5.74) is 5.65. The summed E-state index contributed by atoms with van der Waals surface area (Å²) in [7, 11) is 1.60. The molecule has 1 aliphatic rings. The van der Waals surface area contributed by atoms with Gasteiger partial charge < -0.3 is 37.7 Å². The van der Waals surface area contributed by atoms with Crippen molar-refractivity contribution < 1.29 is 42.1 Å². The van der Waals surface area contributed by atoms with Crippen molar-refractivity contribution in [1.29, 1.82) is 0 Å². The zero-order chi connectivity index (χ0) is 36.0. The number of carbonyl (C=O) groups is 2. The van der Waals surface area contributed by atoms with Gasteiger partial charge in [0.25, 0.3) is 5.91 Å². The van der Waals surface area contributed by atoms with Crippen molar-refractivity contribution in [2.75, 3.05) is 83.6 Å². The third-order valence-corrected chi connectivity index (χ3v) is 9.28. The van der Waals surface area contributed by atoms with E-state index in [-0.39, 0.29) is 17.5 Å². The minimum absolute atomic E-state index is 0.0509. The first-order valence-electron chi connectivity index (χ1n) is 17.3. The van der Waals surface area contributed by atoms with Crippen molar-refractivity contribution in [3.05, 3.63) is 88.7 Å². The third-order valence-electron chi connectivity index (χ3n) is 8.46. The molecule has 10 nitrogen and oxygen atoms in total. The van der Waals surface area contributed by atoms with Crippen LogP contribution in [0.2, 0.25) is 0 Å². The molecule has 0 radical (unpaired) electrons. The van der Waals surface area contributed by atoms with Crippen molar-refractivity contribution in [2.24, 2.45) is 0 Å². The lowest BCUT2D eigenvalue weighted by atomic mass is 10.0. The molecule has 0 aliphatic heterocycles. The van der Waals surface area contributed by atoms with Gasteiger partial charge in [-0.05, 0) is 67.1 Å². The average molecular weight is 723 g/mol. The highest BCUT2D eigenvalue weighted by molar-refractivity contribution is 7.99. The van der Waals surface area contributed by atoms with Gasteiger partial charge >= 0.3 is 0 Å². The second-order valence-corrected chi connectivity index (χ2v) is 12.9. The van der Waals surface area contributed by atoms with Gasteiger partial charge in [-0.25, -0.2) is 4.39 Å². The number of nitrogens with one attached hydrogen (secondary N) is 1. The van der Waals surface area contributed by atoms with Crippen LogP contribution in [0.4, 0.5) is 10.1 Å². The van der Waals surface area contributed by atoms with E-state index in [1.165, 1.54) is 17.7 Å². The number of fused-ring (bicyclic) bond motifs is 1. The maximum absolute atomic E-state index is 13.7. The van der Waals surface area contributed by atoms with Crippen LogP contribution in [-0.4, -0.2) is 91.0 Å². The van der Waals surface area contributed by atoms with E-state index >= 15 is 0 Å². The predicted octanol–water partition coefficient (Wildman–Crippen LogP) is 7.05. The Morgan fingerprint density at radius 3 is 1.98 bits per heavy atom. The number of benzene rings is 3. The standard InChI is InChI=1S/C39H47FN2O8S/c1-27(43)29-6-4-28(5-7-29)26-49-23-22-48-21-20-47-19-18-46-17-16-45-15-14-42(51-3)35-25-36-34(24-33(35)30-8-9-30)37(39(44)41-2)38(50-36)31-10-12-32(40)13-11-31/h4-7,10-13,24-25,30H,8-9,14-23,26H2,1-3H3,(H,41,44). The van der Waals surface area contributed by atoms with Gasteiger partial charge in [0.05, 0.1) is 83.9 Å². The Labute approximate surface area is 303 Å². The number of anilines is 1. The fraction of sp³-hybridized carbons (Fsp3) is 0.436. The first kappa shape index (κ1) is 38.5. The van der Waals surface area contributed by atoms with Gasteiger partial charge in [-0.3, -0.25) is 9.59 Å². The summed E-state index contributed by atoms with van der Waals surface area (Å²) >= 11 is 1.61. The zero-order valence-corrected chi connectivity index (χ0v) is 30.4. The number of rotatable bonds is 23. The van der Waals surface area contributed by atoms with Gasteiger partial charge in [-0.15, -0.1) is 0 Å². The topological polar surface area (TPSA) is 109 Å². The molecule has 0 atom stereocenters. The zero-order valence-electron chi connectivity index (χ0n) is 29.5. The number of amides is 1. The molecule has 0 bridgehead atoms. The van der Waals surface area contributed by atoms with Crippen LogP contribution < -0.4 is 9.62 Å². The van der Waals surface area contributed by atoms with Gasteiger partial charge in [0.1, 0.15) is 17.2 Å².